The Balaban J connectivity index is 1.12. The van der Waals surface area contributed by atoms with Gasteiger partial charge in [-0.3, -0.25) is 9.59 Å². The van der Waals surface area contributed by atoms with Crippen LogP contribution in [0.2, 0.25) is 0 Å². The number of carbonyl (C=O) groups excluding carboxylic acids is 2. The predicted octanol–water partition coefficient (Wildman–Crippen LogP) is 6.06. The van der Waals surface area contributed by atoms with Crippen molar-refractivity contribution in [3.8, 4) is 33.6 Å². The van der Waals surface area contributed by atoms with Crippen LogP contribution in [-0.2, 0) is 28.5 Å². The summed E-state index contributed by atoms with van der Waals surface area (Å²) in [6, 6.07) is 16.4. The van der Waals surface area contributed by atoms with Crippen LogP contribution in [0.15, 0.2) is 60.9 Å². The van der Waals surface area contributed by atoms with Crippen molar-refractivity contribution < 1.29 is 28.5 Å². The Kier molecular flexibility index (Phi) is 10.0. The molecule has 2 aromatic heterocycles. The van der Waals surface area contributed by atoms with Crippen LogP contribution < -0.4 is 10.6 Å². The van der Waals surface area contributed by atoms with Crippen LogP contribution in [0.5, 0.6) is 0 Å². The molecule has 0 aliphatic carbocycles. The van der Waals surface area contributed by atoms with Gasteiger partial charge in [0.25, 0.3) is 11.8 Å². The normalized spacial score (nSPS) is 22.7. The summed E-state index contributed by atoms with van der Waals surface area (Å²) in [5, 5.41) is 5.90. The number of ether oxygens (including phenoxy) is 4. The molecule has 4 atom stereocenters. The number of nitrogens with zero attached hydrogens (tertiary/aromatic N) is 2. The summed E-state index contributed by atoms with van der Waals surface area (Å²) in [7, 11) is 0. The third kappa shape index (κ3) is 7.99. The van der Waals surface area contributed by atoms with Crippen LogP contribution in [0.1, 0.15) is 79.2 Å². The summed E-state index contributed by atoms with van der Waals surface area (Å²) < 4.78 is 24.1. The second kappa shape index (κ2) is 14.1. The fourth-order valence-corrected chi connectivity index (χ4v) is 6.06. The van der Waals surface area contributed by atoms with Gasteiger partial charge in [0.15, 0.2) is 36.0 Å². The van der Waals surface area contributed by atoms with Gasteiger partial charge in [0.05, 0.1) is 23.8 Å². The first-order valence-electron chi connectivity index (χ1n) is 17.3. The molecule has 0 bridgehead atoms. The van der Waals surface area contributed by atoms with Crippen molar-refractivity contribution in [1.29, 1.82) is 0 Å². The molecule has 4 heterocycles. The number of amides is 2. The van der Waals surface area contributed by atoms with Gasteiger partial charge in [-0.1, -0.05) is 76.2 Å². The summed E-state index contributed by atoms with van der Waals surface area (Å²) in [5.74, 6) is -0.551. The second-order valence-corrected chi connectivity index (χ2v) is 14.8. The third-order valence-electron chi connectivity index (χ3n) is 8.53. The van der Waals surface area contributed by atoms with E-state index in [-0.39, 0.29) is 11.8 Å². The average Bonchev–Trinajstić information content (AvgIpc) is 3.87. The molecular weight excluding hydrogens is 636 g/mol. The molecule has 50 heavy (non-hydrogen) atoms. The lowest BCUT2D eigenvalue weighted by atomic mass is 10.0. The van der Waals surface area contributed by atoms with Crippen LogP contribution in [-0.4, -0.2) is 68.6 Å². The zero-order chi connectivity index (χ0) is 35.8. The van der Waals surface area contributed by atoms with Gasteiger partial charge in [-0.25, -0.2) is 9.97 Å². The number of nitrogens with one attached hydrogen (secondary N) is 4. The van der Waals surface area contributed by atoms with Gasteiger partial charge in [-0.05, 0) is 61.8 Å². The van der Waals surface area contributed by atoms with E-state index in [1.165, 1.54) is 0 Å². The van der Waals surface area contributed by atoms with E-state index in [2.05, 4.69) is 54.8 Å². The van der Waals surface area contributed by atoms with Crippen molar-refractivity contribution in [2.75, 3.05) is 13.1 Å². The molecule has 6 rings (SSSR count). The number of aromatic nitrogens is 4. The molecule has 2 fully saturated rings. The topological polar surface area (TPSA) is 152 Å². The summed E-state index contributed by atoms with van der Waals surface area (Å²) in [6.07, 6.45) is 0.569. The van der Waals surface area contributed by atoms with Crippen LogP contribution in [0.25, 0.3) is 33.6 Å². The quantitative estimate of drug-likeness (QED) is 0.149. The lowest BCUT2D eigenvalue weighted by Gasteiger charge is -2.16. The van der Waals surface area contributed by atoms with E-state index in [1.54, 1.807) is 40.1 Å². The number of carbonyl (C=O) groups is 2. The number of imidazole rings is 2. The molecule has 0 saturated carbocycles. The Morgan fingerprint density at radius 2 is 0.960 bits per heavy atom. The van der Waals surface area contributed by atoms with Crippen molar-refractivity contribution in [2.24, 2.45) is 11.8 Å². The summed E-state index contributed by atoms with van der Waals surface area (Å²) in [5.41, 5.74) is 5.62. The highest BCUT2D eigenvalue weighted by Gasteiger charge is 2.48. The fourth-order valence-electron chi connectivity index (χ4n) is 6.06. The highest BCUT2D eigenvalue weighted by Crippen LogP contribution is 2.39. The minimum Gasteiger partial charge on any atom is -0.353 e. The zero-order valence-corrected chi connectivity index (χ0v) is 30.0. The molecule has 2 aliphatic rings. The summed E-state index contributed by atoms with van der Waals surface area (Å²) in [4.78, 5) is 41.7. The molecule has 2 saturated heterocycles. The Labute approximate surface area is 293 Å². The first-order valence-corrected chi connectivity index (χ1v) is 17.3. The monoisotopic (exact) mass is 684 g/mol. The molecule has 0 radical (unpaired) electrons. The minimum atomic E-state index is -0.918. The maximum atomic E-state index is 12.9. The zero-order valence-electron chi connectivity index (χ0n) is 30.0. The molecule has 4 N–H and O–H groups in total. The van der Waals surface area contributed by atoms with E-state index < -0.39 is 36.0 Å². The van der Waals surface area contributed by atoms with Crippen LogP contribution >= 0.6 is 0 Å². The van der Waals surface area contributed by atoms with E-state index >= 15 is 0 Å². The van der Waals surface area contributed by atoms with E-state index in [0.717, 1.165) is 33.6 Å². The van der Waals surface area contributed by atoms with Crippen molar-refractivity contribution in [3.05, 3.63) is 72.6 Å². The van der Waals surface area contributed by atoms with Crippen molar-refractivity contribution in [3.63, 3.8) is 0 Å². The Morgan fingerprint density at radius 1 is 0.620 bits per heavy atom. The number of hydrogen-bond acceptors (Lipinski definition) is 8. The molecule has 2 aromatic carbocycles. The van der Waals surface area contributed by atoms with Crippen LogP contribution in [0.3, 0.4) is 0 Å². The minimum absolute atomic E-state index is 0.216. The molecule has 0 spiro atoms. The SMILES string of the molecule is CC(C)CNC(=O)[C@H]1OC(C)(C)O[C@@H]1c1ncc(-c2ccc(-c3ccc(-c4cnc([C@H]5OC(C)(C)O[C@@H]5C(=O)NCC(C)C)[nH]4)cc3)cc2)[nH]1. The molecule has 266 valence electrons. The first kappa shape index (κ1) is 35.5. The maximum absolute atomic E-state index is 12.9. The summed E-state index contributed by atoms with van der Waals surface area (Å²) in [6.45, 7) is 16.5. The largest absolute Gasteiger partial charge is 0.353 e. The number of rotatable bonds is 11. The number of H-pyrrole nitrogens is 2. The Bertz CT molecular complexity index is 1660. The number of aromatic amines is 2. The van der Waals surface area contributed by atoms with Crippen LogP contribution in [0, 0.1) is 11.8 Å². The standard InChI is InChI=1S/C38H48N6O6/c1-21(2)17-41-35(45)31-29(47-37(5,6)49-31)33-39-19-27(43-33)25-13-9-23(10-14-25)24-11-15-26(16-12-24)28-20-40-34(44-28)30-32(50-38(7,8)48-30)36(46)42-18-22(3)4/h9-16,19-22,29-32H,17-18H2,1-8H3,(H,39,43)(H,40,44)(H,41,45)(H,42,46)/t29-,30-,31-,32-/m0/s1. The first-order chi connectivity index (χ1) is 23.7. The Morgan fingerprint density at radius 3 is 1.30 bits per heavy atom. The van der Waals surface area contributed by atoms with Gasteiger partial charge in [-0.15, -0.1) is 0 Å². The van der Waals surface area contributed by atoms with E-state index in [4.69, 9.17) is 18.9 Å². The smallest absolute Gasteiger partial charge is 0.252 e. The van der Waals surface area contributed by atoms with E-state index in [1.807, 2.05) is 52.0 Å². The third-order valence-corrected chi connectivity index (χ3v) is 8.53. The fraction of sp³-hybridized carbons (Fsp3) is 0.474. The molecule has 0 unspecified atom stereocenters. The number of benzene rings is 2. The highest BCUT2D eigenvalue weighted by atomic mass is 16.8. The van der Waals surface area contributed by atoms with Crippen molar-refractivity contribution >= 4 is 11.8 Å². The molecule has 12 heteroatoms. The molecule has 4 aromatic rings. The van der Waals surface area contributed by atoms with Gasteiger partial charge in [0.2, 0.25) is 0 Å². The maximum Gasteiger partial charge on any atom is 0.252 e. The van der Waals surface area contributed by atoms with E-state index in [9.17, 15) is 9.59 Å². The molecule has 2 amide bonds. The van der Waals surface area contributed by atoms with Crippen molar-refractivity contribution in [2.45, 2.75) is 91.4 Å². The molecular formula is C38H48N6O6. The predicted molar refractivity (Wildman–Crippen MR) is 188 cm³/mol. The van der Waals surface area contributed by atoms with Gasteiger partial charge in [0, 0.05) is 13.1 Å². The van der Waals surface area contributed by atoms with Gasteiger partial charge < -0.3 is 39.5 Å². The van der Waals surface area contributed by atoms with Gasteiger partial charge in [0.1, 0.15) is 11.6 Å². The lowest BCUT2D eigenvalue weighted by molar-refractivity contribution is -0.156. The molecule has 12 nitrogen and oxygen atoms in total. The highest BCUT2D eigenvalue weighted by molar-refractivity contribution is 5.82. The van der Waals surface area contributed by atoms with Gasteiger partial charge in [-0.2, -0.15) is 0 Å². The van der Waals surface area contributed by atoms with Gasteiger partial charge >= 0.3 is 0 Å². The second-order valence-electron chi connectivity index (χ2n) is 14.8. The summed E-state index contributed by atoms with van der Waals surface area (Å²) >= 11 is 0. The lowest BCUT2D eigenvalue weighted by Crippen LogP contribution is -2.40. The van der Waals surface area contributed by atoms with Crippen LogP contribution in [0.4, 0.5) is 0 Å². The number of hydrogen-bond donors (Lipinski definition) is 4. The van der Waals surface area contributed by atoms with Crippen molar-refractivity contribution in [1.82, 2.24) is 30.6 Å². The average molecular weight is 685 g/mol. The van der Waals surface area contributed by atoms with E-state index in [0.29, 0.717) is 36.6 Å². The molecule has 2 aliphatic heterocycles. The Hall–Kier alpha value is -4.36.